The number of aromatic nitrogens is 3. The number of ketones is 1. The van der Waals surface area contributed by atoms with Gasteiger partial charge < -0.3 is 11.1 Å². The summed E-state index contributed by atoms with van der Waals surface area (Å²) < 4.78 is 9.27. The summed E-state index contributed by atoms with van der Waals surface area (Å²) >= 11 is 3.96. The van der Waals surface area contributed by atoms with Crippen molar-refractivity contribution in [3.8, 4) is 11.4 Å². The molecule has 3 N–H and O–H groups in total. The number of carbonyl (C=O) groups excluding carboxylic acids is 3. The Hall–Kier alpha value is -3.02. The lowest BCUT2D eigenvalue weighted by Gasteiger charge is -2.15. The fraction of sp³-hybridized carbons (Fsp3) is 0.111. The molecule has 29 heavy (non-hydrogen) atoms. The molecule has 2 amide bonds. The fourth-order valence-corrected chi connectivity index (χ4v) is 5.36. The molecule has 0 radical (unpaired) electrons. The highest BCUT2D eigenvalue weighted by Crippen LogP contribution is 2.30. The minimum absolute atomic E-state index is 0.0435. The minimum Gasteiger partial charge on any atom is -0.363 e. The number of primary amides is 1. The van der Waals surface area contributed by atoms with E-state index in [2.05, 4.69) is 19.0 Å². The van der Waals surface area contributed by atoms with E-state index in [0.717, 1.165) is 27.4 Å². The maximum absolute atomic E-state index is 12.8. The van der Waals surface area contributed by atoms with Crippen LogP contribution in [0.5, 0.6) is 0 Å². The summed E-state index contributed by atoms with van der Waals surface area (Å²) in [5, 5.41) is 9.49. The van der Waals surface area contributed by atoms with Crippen molar-refractivity contribution in [3.05, 3.63) is 51.8 Å². The normalized spacial score (nSPS) is 12.0. The van der Waals surface area contributed by atoms with E-state index in [0.29, 0.717) is 11.4 Å². The second-order valence-electron chi connectivity index (χ2n) is 6.05. The number of nitrogens with two attached hydrogens (primary N) is 1. The van der Waals surface area contributed by atoms with Gasteiger partial charge in [-0.25, -0.2) is 0 Å². The van der Waals surface area contributed by atoms with Crippen LogP contribution in [0.1, 0.15) is 16.1 Å². The van der Waals surface area contributed by atoms with Crippen molar-refractivity contribution >= 4 is 62.1 Å². The molecule has 1 atom stereocenters. The molecule has 4 aromatic heterocycles. The van der Waals surface area contributed by atoms with E-state index in [4.69, 9.17) is 5.73 Å². The Morgan fingerprint density at radius 2 is 2.00 bits per heavy atom. The zero-order valence-electron chi connectivity index (χ0n) is 14.7. The maximum atomic E-state index is 12.8. The van der Waals surface area contributed by atoms with Crippen LogP contribution in [-0.2, 0) is 16.0 Å². The molecule has 8 nitrogen and oxygen atoms in total. The Morgan fingerprint density at radius 3 is 2.76 bits per heavy atom. The second kappa shape index (κ2) is 8.15. The van der Waals surface area contributed by atoms with Gasteiger partial charge in [-0.15, -0.1) is 11.3 Å². The number of amides is 2. The quantitative estimate of drug-likeness (QED) is 0.422. The first-order valence-corrected chi connectivity index (χ1v) is 10.9. The molecule has 4 heterocycles. The molecule has 0 aliphatic heterocycles. The number of nitrogens with zero attached hydrogens (tertiary/aromatic N) is 3. The SMILES string of the molecule is NC(=O)C(=O)C(Cc1csc2cscc12)NC(=O)c1nsnc1-c1ccccn1. The van der Waals surface area contributed by atoms with Gasteiger partial charge in [0.1, 0.15) is 11.7 Å². The van der Waals surface area contributed by atoms with Gasteiger partial charge in [0, 0.05) is 28.1 Å². The van der Waals surface area contributed by atoms with Gasteiger partial charge in [0.15, 0.2) is 5.69 Å². The van der Waals surface area contributed by atoms with Crippen molar-refractivity contribution in [2.45, 2.75) is 12.5 Å². The smallest absolute Gasteiger partial charge is 0.287 e. The summed E-state index contributed by atoms with van der Waals surface area (Å²) in [6.07, 6.45) is 1.74. The standard InChI is InChI=1S/C18H13N5O3S3/c19-17(25)16(24)12(5-9-6-28-13-8-27-7-10(9)13)21-18(26)15-14(22-29-23-15)11-3-1-2-4-20-11/h1-4,6-8,12H,5H2,(H2,19,25)(H,21,26). The number of hydrogen-bond donors (Lipinski definition) is 2. The average molecular weight is 444 g/mol. The molecule has 4 rings (SSSR count). The van der Waals surface area contributed by atoms with E-state index < -0.39 is 23.6 Å². The van der Waals surface area contributed by atoms with Crippen LogP contribution >= 0.6 is 34.4 Å². The first-order valence-electron chi connectivity index (χ1n) is 8.35. The largest absolute Gasteiger partial charge is 0.363 e. The highest BCUT2D eigenvalue weighted by Gasteiger charge is 2.29. The molecule has 4 aromatic rings. The van der Waals surface area contributed by atoms with Crippen molar-refractivity contribution in [3.63, 3.8) is 0 Å². The molecular weight excluding hydrogens is 430 g/mol. The van der Waals surface area contributed by atoms with Crippen molar-refractivity contribution in [2.75, 3.05) is 0 Å². The van der Waals surface area contributed by atoms with E-state index in [1.807, 2.05) is 16.1 Å². The second-order valence-corrected chi connectivity index (χ2v) is 8.23. The Labute approximate surface area is 176 Å². The summed E-state index contributed by atoms with van der Waals surface area (Å²) in [4.78, 5) is 40.9. The molecular formula is C18H13N5O3S3. The topological polar surface area (TPSA) is 128 Å². The molecule has 0 saturated heterocycles. The number of pyridine rings is 1. The fourth-order valence-electron chi connectivity index (χ4n) is 2.80. The van der Waals surface area contributed by atoms with Gasteiger partial charge in [-0.2, -0.15) is 20.1 Å². The van der Waals surface area contributed by atoms with E-state index in [-0.39, 0.29) is 12.1 Å². The molecule has 11 heteroatoms. The van der Waals surface area contributed by atoms with E-state index in [9.17, 15) is 14.4 Å². The van der Waals surface area contributed by atoms with Gasteiger partial charge in [-0.1, -0.05) is 6.07 Å². The molecule has 0 spiro atoms. The molecule has 0 fully saturated rings. The number of nitrogens with one attached hydrogen (secondary N) is 1. The van der Waals surface area contributed by atoms with Crippen LogP contribution in [0.15, 0.2) is 40.5 Å². The zero-order chi connectivity index (χ0) is 20.4. The Morgan fingerprint density at radius 1 is 1.14 bits per heavy atom. The van der Waals surface area contributed by atoms with Gasteiger partial charge >= 0.3 is 0 Å². The van der Waals surface area contributed by atoms with Crippen molar-refractivity contribution in [2.24, 2.45) is 5.73 Å². The minimum atomic E-state index is -1.10. The summed E-state index contributed by atoms with van der Waals surface area (Å²) in [5.74, 6) is -2.58. The molecule has 146 valence electrons. The lowest BCUT2D eigenvalue weighted by Crippen LogP contribution is -2.47. The van der Waals surface area contributed by atoms with Gasteiger partial charge in [-0.3, -0.25) is 19.4 Å². The summed E-state index contributed by atoms with van der Waals surface area (Å²) in [6.45, 7) is 0. The summed E-state index contributed by atoms with van der Waals surface area (Å²) in [5.41, 5.74) is 6.92. The predicted molar refractivity (Wildman–Crippen MR) is 112 cm³/mol. The molecule has 0 aromatic carbocycles. The predicted octanol–water partition coefficient (Wildman–Crippen LogP) is 2.27. The third-order valence-corrected chi connectivity index (χ3v) is 6.62. The number of hydrogen-bond acceptors (Lipinski definition) is 9. The Bertz CT molecular complexity index is 1200. The van der Waals surface area contributed by atoms with E-state index in [1.54, 1.807) is 47.1 Å². The van der Waals surface area contributed by atoms with Crippen LogP contribution < -0.4 is 11.1 Å². The van der Waals surface area contributed by atoms with Gasteiger partial charge in [-0.05, 0) is 28.5 Å². The summed E-state index contributed by atoms with van der Waals surface area (Å²) in [7, 11) is 0. The Balaban J connectivity index is 1.61. The third-order valence-electron chi connectivity index (χ3n) is 4.20. The number of rotatable bonds is 7. The lowest BCUT2D eigenvalue weighted by molar-refractivity contribution is -0.137. The van der Waals surface area contributed by atoms with Crippen LogP contribution in [0.3, 0.4) is 0 Å². The van der Waals surface area contributed by atoms with E-state index in [1.165, 1.54) is 0 Å². The third kappa shape index (κ3) is 3.92. The van der Waals surface area contributed by atoms with Gasteiger partial charge in [0.25, 0.3) is 11.8 Å². The van der Waals surface area contributed by atoms with Crippen LogP contribution in [0.4, 0.5) is 0 Å². The number of carbonyl (C=O) groups is 3. The van der Waals surface area contributed by atoms with Crippen LogP contribution in [0, 0.1) is 0 Å². The van der Waals surface area contributed by atoms with Crippen LogP contribution in [0.25, 0.3) is 21.5 Å². The van der Waals surface area contributed by atoms with Crippen LogP contribution in [0.2, 0.25) is 0 Å². The van der Waals surface area contributed by atoms with Crippen molar-refractivity contribution < 1.29 is 14.4 Å². The first-order chi connectivity index (χ1) is 14.0. The highest BCUT2D eigenvalue weighted by molar-refractivity contribution is 7.21. The van der Waals surface area contributed by atoms with E-state index >= 15 is 0 Å². The Kier molecular flexibility index (Phi) is 5.43. The number of thiophene rings is 2. The molecule has 0 saturated carbocycles. The molecule has 0 aliphatic carbocycles. The molecule has 0 aliphatic rings. The van der Waals surface area contributed by atoms with Crippen molar-refractivity contribution in [1.29, 1.82) is 0 Å². The zero-order valence-corrected chi connectivity index (χ0v) is 17.1. The monoisotopic (exact) mass is 443 g/mol. The summed E-state index contributed by atoms with van der Waals surface area (Å²) in [6, 6.07) is 4.12. The molecule has 1 unspecified atom stereocenters. The lowest BCUT2D eigenvalue weighted by atomic mass is 10.0. The molecule has 0 bridgehead atoms. The number of fused-ring (bicyclic) bond motifs is 1. The average Bonchev–Trinajstić information content (AvgIpc) is 3.45. The first kappa shape index (κ1) is 19.3. The van der Waals surface area contributed by atoms with Gasteiger partial charge in [0.05, 0.1) is 17.4 Å². The maximum Gasteiger partial charge on any atom is 0.287 e. The highest BCUT2D eigenvalue weighted by atomic mass is 32.1. The number of Topliss-reactive ketones (excluding diaryl/α,β-unsaturated/α-hetero) is 1. The van der Waals surface area contributed by atoms with Crippen LogP contribution in [-0.4, -0.2) is 37.4 Å². The van der Waals surface area contributed by atoms with Crippen molar-refractivity contribution in [1.82, 2.24) is 19.0 Å². The van der Waals surface area contributed by atoms with Gasteiger partial charge in [0.2, 0.25) is 5.78 Å².